The molecule has 3 rings (SSSR count). The van der Waals surface area contributed by atoms with E-state index in [9.17, 15) is 14.4 Å². The first-order chi connectivity index (χ1) is 15.4. The van der Waals surface area contributed by atoms with E-state index >= 15 is 0 Å². The van der Waals surface area contributed by atoms with E-state index in [1.54, 1.807) is 54.8 Å². The topological polar surface area (TPSA) is 127 Å². The molecule has 0 radical (unpaired) electrons. The molecule has 11 heteroatoms. The fourth-order valence-corrected chi connectivity index (χ4v) is 4.25. The molecule has 0 saturated carbocycles. The van der Waals surface area contributed by atoms with Crippen LogP contribution in [0.15, 0.2) is 52.7 Å². The van der Waals surface area contributed by atoms with Gasteiger partial charge in [-0.15, -0.1) is 11.8 Å². The predicted molar refractivity (Wildman–Crippen MR) is 122 cm³/mol. The van der Waals surface area contributed by atoms with Gasteiger partial charge in [-0.1, -0.05) is 35.6 Å². The van der Waals surface area contributed by atoms with Crippen molar-refractivity contribution < 1.29 is 29.0 Å². The third-order valence-corrected chi connectivity index (χ3v) is 6.18. The van der Waals surface area contributed by atoms with Crippen molar-refractivity contribution in [1.29, 1.82) is 0 Å². The number of carbonyl (C=O) groups excluding carboxylic acids is 2. The van der Waals surface area contributed by atoms with Crippen molar-refractivity contribution in [2.45, 2.75) is 10.6 Å². The number of thioether (sulfide) groups is 1. The Balaban J connectivity index is 1.72. The standard InChI is InChI=1S/C21H19N3O6S2/c1-29-15-9-5-6-10-16(15)30-14-8-4-3-7-12(14)22-18(27)19(28)24-21-23-13(11-17(25)26)20(31-2)32-21/h3-10H,11H2,1-2H3,(H,22,27)(H,25,26)(H,23,24,28). The number of amides is 2. The number of hydrogen-bond donors (Lipinski definition) is 3. The third kappa shape index (κ3) is 5.77. The maximum atomic E-state index is 12.5. The second-order valence-electron chi connectivity index (χ2n) is 6.19. The summed E-state index contributed by atoms with van der Waals surface area (Å²) in [6, 6.07) is 13.7. The summed E-state index contributed by atoms with van der Waals surface area (Å²) in [4.78, 5) is 39.9. The van der Waals surface area contributed by atoms with Crippen molar-refractivity contribution in [3.8, 4) is 17.2 Å². The first-order valence-electron chi connectivity index (χ1n) is 9.19. The van der Waals surface area contributed by atoms with Crippen molar-refractivity contribution >= 4 is 51.7 Å². The summed E-state index contributed by atoms with van der Waals surface area (Å²) in [5.74, 6) is -1.63. The maximum absolute atomic E-state index is 12.5. The van der Waals surface area contributed by atoms with Crippen molar-refractivity contribution in [2.75, 3.05) is 24.0 Å². The molecule has 0 saturated heterocycles. The van der Waals surface area contributed by atoms with Crippen molar-refractivity contribution in [3.05, 3.63) is 54.2 Å². The number of nitrogens with one attached hydrogen (secondary N) is 2. The summed E-state index contributed by atoms with van der Waals surface area (Å²) in [5, 5.41) is 14.0. The summed E-state index contributed by atoms with van der Waals surface area (Å²) >= 11 is 2.42. The van der Waals surface area contributed by atoms with Gasteiger partial charge in [0.25, 0.3) is 0 Å². The lowest BCUT2D eigenvalue weighted by atomic mass is 10.2. The lowest BCUT2D eigenvalue weighted by Gasteiger charge is -2.13. The monoisotopic (exact) mass is 473 g/mol. The smallest absolute Gasteiger partial charge is 0.315 e. The van der Waals surface area contributed by atoms with Crippen molar-refractivity contribution in [1.82, 2.24) is 4.98 Å². The lowest BCUT2D eigenvalue weighted by molar-refractivity contribution is -0.136. The molecular formula is C21H19N3O6S2. The Morgan fingerprint density at radius 1 is 1.00 bits per heavy atom. The predicted octanol–water partition coefficient (Wildman–Crippen LogP) is 3.87. The van der Waals surface area contributed by atoms with Gasteiger partial charge in [0.2, 0.25) is 0 Å². The van der Waals surface area contributed by atoms with Crippen LogP contribution in [0.1, 0.15) is 5.69 Å². The number of anilines is 2. The first kappa shape index (κ1) is 23.1. The highest BCUT2D eigenvalue weighted by molar-refractivity contribution is 8.00. The van der Waals surface area contributed by atoms with Gasteiger partial charge in [-0.2, -0.15) is 0 Å². The Morgan fingerprint density at radius 2 is 1.62 bits per heavy atom. The minimum Gasteiger partial charge on any atom is -0.493 e. The van der Waals surface area contributed by atoms with Crippen molar-refractivity contribution in [3.63, 3.8) is 0 Å². The molecule has 9 nitrogen and oxygen atoms in total. The fourth-order valence-electron chi connectivity index (χ4n) is 2.62. The molecule has 1 heterocycles. The molecule has 2 aromatic carbocycles. The molecule has 0 bridgehead atoms. The van der Waals surface area contributed by atoms with Gasteiger partial charge in [0, 0.05) is 0 Å². The highest BCUT2D eigenvalue weighted by atomic mass is 32.2. The molecule has 3 N–H and O–H groups in total. The number of hydrogen-bond acceptors (Lipinski definition) is 8. The van der Waals surface area contributed by atoms with Crippen LogP contribution in [0.4, 0.5) is 10.8 Å². The van der Waals surface area contributed by atoms with Crippen LogP contribution in [0, 0.1) is 0 Å². The van der Waals surface area contributed by atoms with Crippen LogP contribution in [0.25, 0.3) is 0 Å². The Morgan fingerprint density at radius 3 is 2.28 bits per heavy atom. The second kappa shape index (κ2) is 10.6. The fraction of sp³-hybridized carbons (Fsp3) is 0.143. The van der Waals surface area contributed by atoms with E-state index in [2.05, 4.69) is 15.6 Å². The van der Waals surface area contributed by atoms with Crippen LogP contribution in [-0.4, -0.2) is 41.2 Å². The van der Waals surface area contributed by atoms with E-state index in [1.807, 2.05) is 0 Å². The molecule has 2 amide bonds. The molecule has 3 aromatic rings. The number of carboxylic acid groups (broad SMARTS) is 1. The lowest BCUT2D eigenvalue weighted by Crippen LogP contribution is -2.29. The van der Waals surface area contributed by atoms with E-state index in [-0.39, 0.29) is 17.2 Å². The molecule has 1 aromatic heterocycles. The van der Waals surface area contributed by atoms with Gasteiger partial charge in [0.05, 0.1) is 29.1 Å². The number of carbonyl (C=O) groups is 3. The van der Waals surface area contributed by atoms with Crippen LogP contribution >= 0.6 is 23.1 Å². The molecule has 0 atom stereocenters. The Labute approximate surface area is 191 Å². The van der Waals surface area contributed by atoms with Crippen LogP contribution < -0.4 is 20.1 Å². The average molecular weight is 474 g/mol. The molecule has 166 valence electrons. The number of aromatic nitrogens is 1. The number of benzene rings is 2. The van der Waals surface area contributed by atoms with Gasteiger partial charge in [0.1, 0.15) is 0 Å². The molecule has 0 unspecified atom stereocenters. The Kier molecular flexibility index (Phi) is 7.68. The first-order valence-corrected chi connectivity index (χ1v) is 11.2. The maximum Gasteiger partial charge on any atom is 0.315 e. The van der Waals surface area contributed by atoms with E-state index in [1.165, 1.54) is 18.9 Å². The van der Waals surface area contributed by atoms with E-state index < -0.39 is 17.8 Å². The Hall–Kier alpha value is -3.57. The van der Waals surface area contributed by atoms with Crippen LogP contribution in [0.2, 0.25) is 0 Å². The van der Waals surface area contributed by atoms with Gasteiger partial charge < -0.3 is 19.9 Å². The van der Waals surface area contributed by atoms with Gasteiger partial charge in [0.15, 0.2) is 22.4 Å². The van der Waals surface area contributed by atoms with Gasteiger partial charge in [-0.25, -0.2) is 4.98 Å². The number of rotatable bonds is 8. The number of carboxylic acids is 1. The summed E-state index contributed by atoms with van der Waals surface area (Å²) in [6.45, 7) is 0. The number of aliphatic carboxylic acids is 1. The third-order valence-electron chi connectivity index (χ3n) is 4.02. The molecular weight excluding hydrogens is 454 g/mol. The molecule has 0 aliphatic rings. The minimum atomic E-state index is -1.03. The van der Waals surface area contributed by atoms with Crippen molar-refractivity contribution in [2.24, 2.45) is 0 Å². The average Bonchev–Trinajstić information content (AvgIpc) is 3.15. The summed E-state index contributed by atoms with van der Waals surface area (Å²) in [6.07, 6.45) is 1.50. The van der Waals surface area contributed by atoms with Gasteiger partial charge >= 0.3 is 17.8 Å². The SMILES string of the molecule is COc1ccccc1Oc1ccccc1NC(=O)C(=O)Nc1nc(CC(=O)O)c(SC)s1. The van der Waals surface area contributed by atoms with Crippen LogP contribution in [-0.2, 0) is 20.8 Å². The molecule has 0 aliphatic heterocycles. The normalized spacial score (nSPS) is 10.3. The summed E-state index contributed by atoms with van der Waals surface area (Å²) < 4.78 is 11.8. The molecule has 0 fully saturated rings. The van der Waals surface area contributed by atoms with Crippen LogP contribution in [0.5, 0.6) is 17.2 Å². The molecule has 32 heavy (non-hydrogen) atoms. The number of thiazole rings is 1. The summed E-state index contributed by atoms with van der Waals surface area (Å²) in [7, 11) is 1.52. The van der Waals surface area contributed by atoms with E-state index in [0.717, 1.165) is 11.3 Å². The quantitative estimate of drug-likeness (QED) is 0.332. The molecule has 0 spiro atoms. The number of nitrogens with zero attached hydrogens (tertiary/aromatic N) is 1. The second-order valence-corrected chi connectivity index (χ2v) is 8.26. The molecule has 0 aliphatic carbocycles. The highest BCUT2D eigenvalue weighted by Gasteiger charge is 2.20. The minimum absolute atomic E-state index is 0.143. The Bertz CT molecular complexity index is 1150. The van der Waals surface area contributed by atoms with E-state index in [0.29, 0.717) is 27.2 Å². The van der Waals surface area contributed by atoms with Gasteiger partial charge in [-0.3, -0.25) is 19.7 Å². The summed E-state index contributed by atoms with van der Waals surface area (Å²) in [5.41, 5.74) is 0.621. The highest BCUT2D eigenvalue weighted by Crippen LogP contribution is 2.35. The van der Waals surface area contributed by atoms with Crippen LogP contribution in [0.3, 0.4) is 0 Å². The van der Waals surface area contributed by atoms with E-state index in [4.69, 9.17) is 14.6 Å². The largest absolute Gasteiger partial charge is 0.493 e. The zero-order chi connectivity index (χ0) is 23.1. The number of ether oxygens (including phenoxy) is 2. The zero-order valence-corrected chi connectivity index (χ0v) is 18.7. The number of para-hydroxylation sites is 4. The van der Waals surface area contributed by atoms with Gasteiger partial charge in [-0.05, 0) is 30.5 Å². The number of methoxy groups -OCH3 is 1. The zero-order valence-electron chi connectivity index (χ0n) is 17.1.